The first kappa shape index (κ1) is 16.1. The number of carboxylic acid groups (broad SMARTS) is 1. The number of carboxylic acids is 1. The van der Waals surface area contributed by atoms with Crippen molar-refractivity contribution < 1.29 is 29.0 Å². The summed E-state index contributed by atoms with van der Waals surface area (Å²) in [4.78, 5) is 36.9. The molecule has 1 atom stereocenters. The molecular weight excluding hydrogens is 316 g/mol. The summed E-state index contributed by atoms with van der Waals surface area (Å²) in [5.74, 6) is -0.775. The molecule has 2 aliphatic heterocycles. The molecule has 2 aliphatic rings. The zero-order chi connectivity index (χ0) is 17.1. The Morgan fingerprint density at radius 1 is 1.21 bits per heavy atom. The van der Waals surface area contributed by atoms with Crippen molar-refractivity contribution in [3.05, 3.63) is 23.8 Å². The molecule has 0 aliphatic carbocycles. The molecule has 0 saturated carbocycles. The fourth-order valence-electron chi connectivity index (χ4n) is 2.88. The van der Waals surface area contributed by atoms with Crippen LogP contribution in [0.2, 0.25) is 0 Å². The lowest BCUT2D eigenvalue weighted by molar-refractivity contribution is -0.151. The third kappa shape index (κ3) is 3.27. The topological polar surface area (TPSA) is 105 Å². The highest BCUT2D eigenvalue weighted by Gasteiger charge is 2.31. The molecule has 128 valence electrons. The highest BCUT2D eigenvalue weighted by molar-refractivity contribution is 5.97. The molecule has 1 saturated heterocycles. The van der Waals surface area contributed by atoms with Gasteiger partial charge >= 0.3 is 5.97 Å². The first-order chi connectivity index (χ1) is 11.6. The summed E-state index contributed by atoms with van der Waals surface area (Å²) in [7, 11) is 0. The number of fused-ring (bicyclic) bond motifs is 1. The Bertz CT molecular complexity index is 675. The van der Waals surface area contributed by atoms with E-state index in [0.717, 1.165) is 12.8 Å². The van der Waals surface area contributed by atoms with Crippen LogP contribution < -0.4 is 14.8 Å². The van der Waals surface area contributed by atoms with Gasteiger partial charge in [-0.1, -0.05) is 0 Å². The van der Waals surface area contributed by atoms with E-state index >= 15 is 0 Å². The monoisotopic (exact) mass is 334 g/mol. The quantitative estimate of drug-likeness (QED) is 0.836. The number of aliphatic carboxylic acids is 1. The van der Waals surface area contributed by atoms with Gasteiger partial charge in [0.2, 0.25) is 12.7 Å². The van der Waals surface area contributed by atoms with E-state index in [0.29, 0.717) is 30.0 Å². The Morgan fingerprint density at radius 2 is 2.00 bits per heavy atom. The number of hydrogen-bond donors (Lipinski definition) is 2. The molecule has 0 bridgehead atoms. The Labute approximate surface area is 138 Å². The van der Waals surface area contributed by atoms with Crippen LogP contribution in [-0.4, -0.2) is 53.7 Å². The minimum absolute atomic E-state index is 0.116. The van der Waals surface area contributed by atoms with E-state index in [-0.39, 0.29) is 13.3 Å². The van der Waals surface area contributed by atoms with Crippen LogP contribution in [-0.2, 0) is 9.59 Å². The summed E-state index contributed by atoms with van der Waals surface area (Å²) < 4.78 is 10.4. The van der Waals surface area contributed by atoms with E-state index in [1.165, 1.54) is 4.90 Å². The van der Waals surface area contributed by atoms with Crippen molar-refractivity contribution in [3.8, 4) is 11.5 Å². The average Bonchev–Trinajstić information content (AvgIpc) is 3.06. The van der Waals surface area contributed by atoms with E-state index in [2.05, 4.69) is 5.32 Å². The van der Waals surface area contributed by atoms with Crippen LogP contribution in [0.3, 0.4) is 0 Å². The summed E-state index contributed by atoms with van der Waals surface area (Å²) in [6, 6.07) is 3.94. The van der Waals surface area contributed by atoms with Gasteiger partial charge in [0.05, 0.1) is 6.54 Å². The lowest BCUT2D eigenvalue weighted by atomic mass is 10.0. The van der Waals surface area contributed by atoms with Crippen molar-refractivity contribution in [1.82, 2.24) is 10.2 Å². The maximum atomic E-state index is 12.2. The van der Waals surface area contributed by atoms with Crippen molar-refractivity contribution >= 4 is 17.8 Å². The zero-order valence-electron chi connectivity index (χ0n) is 13.0. The first-order valence-electron chi connectivity index (χ1n) is 7.76. The number of likely N-dealkylation sites (tertiary alicyclic amines) is 1. The Kier molecular flexibility index (Phi) is 4.54. The fraction of sp³-hybridized carbons (Fsp3) is 0.438. The molecule has 24 heavy (non-hydrogen) atoms. The number of amides is 2. The smallest absolute Gasteiger partial charge is 0.326 e. The lowest BCUT2D eigenvalue weighted by Crippen LogP contribution is -2.51. The number of hydrogen-bond acceptors (Lipinski definition) is 5. The molecule has 1 aromatic carbocycles. The van der Waals surface area contributed by atoms with Gasteiger partial charge in [-0.2, -0.15) is 0 Å². The highest BCUT2D eigenvalue weighted by Crippen LogP contribution is 2.32. The molecule has 2 heterocycles. The fourth-order valence-corrected chi connectivity index (χ4v) is 2.88. The molecule has 8 heteroatoms. The van der Waals surface area contributed by atoms with Crippen LogP contribution >= 0.6 is 0 Å². The van der Waals surface area contributed by atoms with Gasteiger partial charge in [0, 0.05) is 12.1 Å². The van der Waals surface area contributed by atoms with Gasteiger partial charge in [0.15, 0.2) is 11.5 Å². The normalized spacial score (nSPS) is 19.0. The minimum Gasteiger partial charge on any atom is -0.480 e. The number of carbonyl (C=O) groups excluding carboxylic acids is 2. The summed E-state index contributed by atoms with van der Waals surface area (Å²) in [6.45, 7) is 0.275. The lowest BCUT2D eigenvalue weighted by Gasteiger charge is -2.33. The van der Waals surface area contributed by atoms with E-state index in [9.17, 15) is 19.5 Å². The van der Waals surface area contributed by atoms with Crippen molar-refractivity contribution in [1.29, 1.82) is 0 Å². The molecule has 2 amide bonds. The van der Waals surface area contributed by atoms with Crippen LogP contribution in [0, 0.1) is 0 Å². The summed E-state index contributed by atoms with van der Waals surface area (Å²) >= 11 is 0. The van der Waals surface area contributed by atoms with Gasteiger partial charge in [0.1, 0.15) is 6.04 Å². The van der Waals surface area contributed by atoms with E-state index in [1.54, 1.807) is 18.2 Å². The molecular formula is C16H18N2O6. The molecule has 1 fully saturated rings. The minimum atomic E-state index is -1.01. The molecule has 8 nitrogen and oxygen atoms in total. The van der Waals surface area contributed by atoms with Crippen molar-refractivity contribution in [2.75, 3.05) is 19.9 Å². The largest absolute Gasteiger partial charge is 0.480 e. The SMILES string of the molecule is O=C(NCC(=O)N1CCCC[C@@H]1C(=O)O)c1ccc2c(c1)OCO2. The van der Waals surface area contributed by atoms with Gasteiger partial charge in [-0.05, 0) is 37.5 Å². The number of ether oxygens (including phenoxy) is 2. The number of nitrogens with one attached hydrogen (secondary N) is 1. The van der Waals surface area contributed by atoms with Crippen LogP contribution in [0.1, 0.15) is 29.6 Å². The highest BCUT2D eigenvalue weighted by atomic mass is 16.7. The molecule has 2 N–H and O–H groups in total. The summed E-state index contributed by atoms with van der Waals surface area (Å²) in [5.41, 5.74) is 0.348. The third-order valence-corrected chi connectivity index (χ3v) is 4.14. The molecule has 3 rings (SSSR count). The first-order valence-corrected chi connectivity index (χ1v) is 7.76. The van der Waals surface area contributed by atoms with Gasteiger partial charge in [0.25, 0.3) is 5.91 Å². The molecule has 0 radical (unpaired) electrons. The van der Waals surface area contributed by atoms with Crippen LogP contribution in [0.25, 0.3) is 0 Å². The number of nitrogens with zero attached hydrogens (tertiary/aromatic N) is 1. The predicted octanol–water partition coefficient (Wildman–Crippen LogP) is 0.611. The Balaban J connectivity index is 1.59. The Hall–Kier alpha value is -2.77. The van der Waals surface area contributed by atoms with E-state index in [4.69, 9.17) is 9.47 Å². The van der Waals surface area contributed by atoms with Gasteiger partial charge in [-0.15, -0.1) is 0 Å². The van der Waals surface area contributed by atoms with Crippen LogP contribution in [0.5, 0.6) is 11.5 Å². The van der Waals surface area contributed by atoms with E-state index in [1.807, 2.05) is 0 Å². The second kappa shape index (κ2) is 6.77. The Morgan fingerprint density at radius 3 is 2.79 bits per heavy atom. The number of benzene rings is 1. The number of rotatable bonds is 4. The van der Waals surface area contributed by atoms with Crippen LogP contribution in [0.4, 0.5) is 0 Å². The third-order valence-electron chi connectivity index (χ3n) is 4.14. The van der Waals surface area contributed by atoms with Crippen molar-refractivity contribution in [2.24, 2.45) is 0 Å². The van der Waals surface area contributed by atoms with Gasteiger partial charge < -0.3 is 24.8 Å². The van der Waals surface area contributed by atoms with Crippen molar-refractivity contribution in [2.45, 2.75) is 25.3 Å². The number of piperidine rings is 1. The molecule has 0 unspecified atom stereocenters. The number of carbonyl (C=O) groups is 3. The van der Waals surface area contributed by atoms with Crippen LogP contribution in [0.15, 0.2) is 18.2 Å². The maximum absolute atomic E-state index is 12.2. The zero-order valence-corrected chi connectivity index (χ0v) is 13.0. The average molecular weight is 334 g/mol. The standard InChI is InChI=1S/C16H18N2O6/c19-14(18-6-2-1-3-11(18)16(21)22)8-17-15(20)10-4-5-12-13(7-10)24-9-23-12/h4-5,7,11H,1-3,6,8-9H2,(H,17,20)(H,21,22)/t11-/m1/s1. The second-order valence-electron chi connectivity index (χ2n) is 5.69. The van der Waals surface area contributed by atoms with Gasteiger partial charge in [-0.25, -0.2) is 4.79 Å². The maximum Gasteiger partial charge on any atom is 0.326 e. The van der Waals surface area contributed by atoms with Crippen molar-refractivity contribution in [3.63, 3.8) is 0 Å². The van der Waals surface area contributed by atoms with Gasteiger partial charge in [-0.3, -0.25) is 9.59 Å². The second-order valence-corrected chi connectivity index (χ2v) is 5.69. The molecule has 0 spiro atoms. The van der Waals surface area contributed by atoms with E-state index < -0.39 is 23.8 Å². The predicted molar refractivity (Wildman–Crippen MR) is 81.9 cm³/mol. The molecule has 1 aromatic rings. The molecule has 0 aromatic heterocycles. The summed E-state index contributed by atoms with van der Waals surface area (Å²) in [6.07, 6.45) is 1.99. The summed E-state index contributed by atoms with van der Waals surface area (Å²) in [5, 5.41) is 11.7.